The van der Waals surface area contributed by atoms with E-state index in [2.05, 4.69) is 22.4 Å². The lowest BCUT2D eigenvalue weighted by Crippen LogP contribution is -2.31. The van der Waals surface area contributed by atoms with Crippen molar-refractivity contribution >= 4 is 0 Å². The highest BCUT2D eigenvalue weighted by molar-refractivity contribution is 5.11. The molecule has 88 valence electrons. The van der Waals surface area contributed by atoms with E-state index in [1.54, 1.807) is 0 Å². The highest BCUT2D eigenvalue weighted by atomic mass is 16.5. The van der Waals surface area contributed by atoms with Crippen LogP contribution in [-0.2, 0) is 11.2 Å². The van der Waals surface area contributed by atoms with E-state index in [4.69, 9.17) is 4.74 Å². The van der Waals surface area contributed by atoms with Crippen LogP contribution in [-0.4, -0.2) is 30.8 Å². The van der Waals surface area contributed by atoms with Crippen LogP contribution in [0.3, 0.4) is 0 Å². The molecule has 2 rings (SSSR count). The van der Waals surface area contributed by atoms with E-state index in [-0.39, 0.29) is 0 Å². The summed E-state index contributed by atoms with van der Waals surface area (Å²) < 4.78 is 5.67. The van der Waals surface area contributed by atoms with Gasteiger partial charge in [0.25, 0.3) is 0 Å². The number of rotatable bonds is 5. The Kier molecular flexibility index (Phi) is 4.31. The molecule has 0 spiro atoms. The lowest BCUT2D eigenvalue weighted by Gasteiger charge is -2.19. The molecule has 3 nitrogen and oxygen atoms in total. The Morgan fingerprint density at radius 1 is 1.50 bits per heavy atom. The Morgan fingerprint density at radius 2 is 2.31 bits per heavy atom. The second-order valence-corrected chi connectivity index (χ2v) is 4.42. The molecule has 1 aromatic heterocycles. The summed E-state index contributed by atoms with van der Waals surface area (Å²) in [6.45, 7) is 0.941. The average Bonchev–Trinajstić information content (AvgIpc) is 2.82. The first-order valence-electron chi connectivity index (χ1n) is 6.06. The van der Waals surface area contributed by atoms with Crippen LogP contribution in [0.15, 0.2) is 24.5 Å². The van der Waals surface area contributed by atoms with Crippen molar-refractivity contribution in [3.8, 4) is 0 Å². The maximum Gasteiger partial charge on any atom is 0.0590 e. The van der Waals surface area contributed by atoms with Gasteiger partial charge < -0.3 is 10.1 Å². The zero-order valence-corrected chi connectivity index (χ0v) is 9.86. The molecule has 0 aromatic carbocycles. The molecule has 1 N–H and O–H groups in total. The molecule has 1 fully saturated rings. The summed E-state index contributed by atoms with van der Waals surface area (Å²) in [6.07, 6.45) is 8.77. The largest absolute Gasteiger partial charge is 0.378 e. The molecule has 0 aliphatic carbocycles. The summed E-state index contributed by atoms with van der Waals surface area (Å²) in [5, 5.41) is 3.38. The molecule has 0 bridgehead atoms. The fourth-order valence-electron chi connectivity index (χ4n) is 2.25. The molecule has 1 saturated heterocycles. The van der Waals surface area contributed by atoms with Crippen LogP contribution in [0.5, 0.6) is 0 Å². The van der Waals surface area contributed by atoms with Crippen LogP contribution in [0.2, 0.25) is 0 Å². The van der Waals surface area contributed by atoms with Crippen LogP contribution in [0.25, 0.3) is 0 Å². The fraction of sp³-hybridized carbons (Fsp3) is 0.615. The molecular weight excluding hydrogens is 200 g/mol. The normalized spacial score (nSPS) is 22.2. The van der Waals surface area contributed by atoms with Crippen LogP contribution in [0, 0.1) is 0 Å². The van der Waals surface area contributed by atoms with Crippen LogP contribution in [0.1, 0.15) is 24.8 Å². The van der Waals surface area contributed by atoms with Gasteiger partial charge in [0.15, 0.2) is 0 Å². The second kappa shape index (κ2) is 5.97. The van der Waals surface area contributed by atoms with E-state index in [0.717, 1.165) is 19.4 Å². The summed E-state index contributed by atoms with van der Waals surface area (Å²) in [6, 6.07) is 4.67. The molecule has 1 aromatic rings. The van der Waals surface area contributed by atoms with Gasteiger partial charge in [-0.2, -0.15) is 0 Å². The first-order valence-corrected chi connectivity index (χ1v) is 6.06. The Balaban J connectivity index is 1.85. The van der Waals surface area contributed by atoms with Crippen molar-refractivity contribution < 1.29 is 4.74 Å². The quantitative estimate of drug-likeness (QED) is 0.821. The molecule has 1 aliphatic heterocycles. The van der Waals surface area contributed by atoms with Gasteiger partial charge in [-0.1, -0.05) is 0 Å². The number of ether oxygens (including phenoxy) is 1. The number of pyridine rings is 1. The smallest absolute Gasteiger partial charge is 0.0590 e. The highest BCUT2D eigenvalue weighted by Gasteiger charge is 2.19. The van der Waals surface area contributed by atoms with Crippen molar-refractivity contribution in [2.45, 2.75) is 37.8 Å². The molecule has 0 radical (unpaired) electrons. The summed E-state index contributed by atoms with van der Waals surface area (Å²) in [4.78, 5) is 4.04. The Labute approximate surface area is 97.2 Å². The minimum atomic E-state index is 0.458. The van der Waals surface area contributed by atoms with Gasteiger partial charge >= 0.3 is 0 Å². The van der Waals surface area contributed by atoms with Gasteiger partial charge in [-0.3, -0.25) is 4.98 Å². The van der Waals surface area contributed by atoms with Crippen molar-refractivity contribution in [3.05, 3.63) is 30.1 Å². The van der Waals surface area contributed by atoms with Gasteiger partial charge in [0, 0.05) is 25.0 Å². The number of likely N-dealkylation sites (N-methyl/N-ethyl adjacent to an activating group) is 1. The molecule has 0 amide bonds. The predicted octanol–water partition coefficient (Wildman–Crippen LogP) is 1.78. The van der Waals surface area contributed by atoms with Crippen molar-refractivity contribution in [3.63, 3.8) is 0 Å². The van der Waals surface area contributed by atoms with Gasteiger partial charge in [0.2, 0.25) is 0 Å². The predicted molar refractivity (Wildman–Crippen MR) is 64.4 cm³/mol. The lowest BCUT2D eigenvalue weighted by atomic mass is 10.0. The third-order valence-corrected chi connectivity index (χ3v) is 3.21. The first-order chi connectivity index (χ1) is 7.88. The molecule has 3 heteroatoms. The number of aromatic nitrogens is 1. The minimum Gasteiger partial charge on any atom is -0.378 e. The van der Waals surface area contributed by atoms with E-state index in [9.17, 15) is 0 Å². The summed E-state index contributed by atoms with van der Waals surface area (Å²) >= 11 is 0. The number of nitrogens with one attached hydrogen (secondary N) is 1. The van der Waals surface area contributed by atoms with E-state index < -0.39 is 0 Å². The average molecular weight is 220 g/mol. The molecular formula is C13H20N2O. The van der Waals surface area contributed by atoms with Crippen molar-refractivity contribution in [1.82, 2.24) is 10.3 Å². The maximum atomic E-state index is 5.67. The van der Waals surface area contributed by atoms with Gasteiger partial charge in [-0.05, 0) is 50.4 Å². The van der Waals surface area contributed by atoms with Crippen LogP contribution < -0.4 is 5.32 Å². The molecule has 2 unspecified atom stereocenters. The zero-order chi connectivity index (χ0) is 11.2. The van der Waals surface area contributed by atoms with E-state index in [1.165, 1.54) is 18.4 Å². The van der Waals surface area contributed by atoms with E-state index in [1.807, 2.05) is 19.4 Å². The molecule has 2 heterocycles. The Bertz CT molecular complexity index is 296. The van der Waals surface area contributed by atoms with Crippen molar-refractivity contribution in [2.75, 3.05) is 13.7 Å². The van der Waals surface area contributed by atoms with Gasteiger partial charge in [0.1, 0.15) is 0 Å². The molecule has 1 aliphatic rings. The lowest BCUT2D eigenvalue weighted by molar-refractivity contribution is 0.0954. The van der Waals surface area contributed by atoms with Crippen molar-refractivity contribution in [1.29, 1.82) is 0 Å². The molecule has 0 saturated carbocycles. The third kappa shape index (κ3) is 3.29. The number of hydrogen-bond donors (Lipinski definition) is 1. The summed E-state index contributed by atoms with van der Waals surface area (Å²) in [7, 11) is 2.03. The third-order valence-electron chi connectivity index (χ3n) is 3.21. The van der Waals surface area contributed by atoms with Crippen molar-refractivity contribution in [2.24, 2.45) is 0 Å². The van der Waals surface area contributed by atoms with Gasteiger partial charge in [0.05, 0.1) is 6.10 Å². The van der Waals surface area contributed by atoms with Gasteiger partial charge in [-0.25, -0.2) is 0 Å². The maximum absolute atomic E-state index is 5.67. The molecule has 16 heavy (non-hydrogen) atoms. The minimum absolute atomic E-state index is 0.458. The number of nitrogens with zero attached hydrogens (tertiary/aromatic N) is 1. The Morgan fingerprint density at radius 3 is 2.94 bits per heavy atom. The van der Waals surface area contributed by atoms with E-state index >= 15 is 0 Å². The summed E-state index contributed by atoms with van der Waals surface area (Å²) in [5.74, 6) is 0. The van der Waals surface area contributed by atoms with Crippen LogP contribution in [0.4, 0.5) is 0 Å². The standard InChI is InChI=1S/C13H20N2O/c1-14-12(10-13-3-2-8-16-13)9-11-4-6-15-7-5-11/h4-7,12-14H,2-3,8-10H2,1H3. The number of hydrogen-bond acceptors (Lipinski definition) is 3. The van der Waals surface area contributed by atoms with Gasteiger partial charge in [-0.15, -0.1) is 0 Å². The SMILES string of the molecule is CNC(Cc1ccncc1)CC1CCCO1. The Hall–Kier alpha value is -0.930. The zero-order valence-electron chi connectivity index (χ0n) is 9.86. The highest BCUT2D eigenvalue weighted by Crippen LogP contribution is 2.18. The first kappa shape index (κ1) is 11.6. The van der Waals surface area contributed by atoms with Crippen LogP contribution >= 0.6 is 0 Å². The molecule has 2 atom stereocenters. The fourth-order valence-corrected chi connectivity index (χ4v) is 2.25. The topological polar surface area (TPSA) is 34.2 Å². The summed E-state index contributed by atoms with van der Waals surface area (Å²) in [5.41, 5.74) is 1.34. The van der Waals surface area contributed by atoms with E-state index in [0.29, 0.717) is 12.1 Å². The monoisotopic (exact) mass is 220 g/mol. The second-order valence-electron chi connectivity index (χ2n) is 4.42.